The van der Waals surface area contributed by atoms with E-state index < -0.39 is 0 Å². The van der Waals surface area contributed by atoms with Crippen molar-refractivity contribution < 1.29 is 9.21 Å². The van der Waals surface area contributed by atoms with Gasteiger partial charge >= 0.3 is 0 Å². The number of rotatable bonds is 3. The number of amides is 1. The number of anilines is 1. The van der Waals surface area contributed by atoms with E-state index in [0.717, 1.165) is 16.8 Å². The molecule has 0 radical (unpaired) electrons. The van der Waals surface area contributed by atoms with Gasteiger partial charge in [0.25, 0.3) is 5.91 Å². The zero-order valence-electron chi connectivity index (χ0n) is 14.8. The van der Waals surface area contributed by atoms with Crippen LogP contribution in [0.4, 0.5) is 5.13 Å². The number of carbonyl (C=O) groups is 1. The lowest BCUT2D eigenvalue weighted by Crippen LogP contribution is -2.11. The number of hydrogen-bond donors (Lipinski definition) is 1. The fourth-order valence-electron chi connectivity index (χ4n) is 2.78. The van der Waals surface area contributed by atoms with Gasteiger partial charge in [0.2, 0.25) is 0 Å². The minimum atomic E-state index is -0.230. The van der Waals surface area contributed by atoms with E-state index in [-0.39, 0.29) is 11.3 Å². The van der Waals surface area contributed by atoms with Gasteiger partial charge in [0.1, 0.15) is 11.3 Å². The predicted molar refractivity (Wildman–Crippen MR) is 107 cm³/mol. The van der Waals surface area contributed by atoms with Gasteiger partial charge in [-0.1, -0.05) is 23.8 Å². The number of aryl methyl sites for hydroxylation is 2. The average Bonchev–Trinajstić information content (AvgIpc) is 3.07. The standard InChI is InChI=1S/C21H16N2O3S/c1-12-3-8-18-16(9-12)17(24)10-19(26-18)14-4-6-15(7-5-14)20(25)23-21-22-13(2)11-27-21/h3-11H,1-2H3,(H,22,23,25). The molecule has 0 unspecified atom stereocenters. The molecule has 0 aliphatic carbocycles. The molecule has 0 saturated carbocycles. The highest BCUT2D eigenvalue weighted by Gasteiger charge is 2.11. The molecule has 6 heteroatoms. The molecule has 2 aromatic carbocycles. The van der Waals surface area contributed by atoms with Crippen molar-refractivity contribution in [2.45, 2.75) is 13.8 Å². The lowest BCUT2D eigenvalue weighted by Gasteiger charge is -2.06. The zero-order valence-corrected chi connectivity index (χ0v) is 15.6. The number of thiazole rings is 1. The third-order valence-corrected chi connectivity index (χ3v) is 5.03. The van der Waals surface area contributed by atoms with Crippen LogP contribution in [0.15, 0.2) is 63.1 Å². The average molecular weight is 376 g/mol. The summed E-state index contributed by atoms with van der Waals surface area (Å²) in [4.78, 5) is 28.9. The molecule has 1 amide bonds. The molecule has 1 N–H and O–H groups in total. The fourth-order valence-corrected chi connectivity index (χ4v) is 3.46. The number of nitrogens with one attached hydrogen (secondary N) is 1. The number of nitrogens with zero attached hydrogens (tertiary/aromatic N) is 1. The summed E-state index contributed by atoms with van der Waals surface area (Å²) < 4.78 is 5.87. The van der Waals surface area contributed by atoms with E-state index in [9.17, 15) is 9.59 Å². The number of hydrogen-bond acceptors (Lipinski definition) is 5. The van der Waals surface area contributed by atoms with Crippen molar-refractivity contribution in [2.24, 2.45) is 0 Å². The minimum Gasteiger partial charge on any atom is -0.456 e. The van der Waals surface area contributed by atoms with E-state index in [1.54, 1.807) is 30.3 Å². The Balaban J connectivity index is 1.62. The Hall–Kier alpha value is -3.25. The highest BCUT2D eigenvalue weighted by Crippen LogP contribution is 2.23. The van der Waals surface area contributed by atoms with Gasteiger partial charge < -0.3 is 4.42 Å². The van der Waals surface area contributed by atoms with Gasteiger partial charge in [-0.05, 0) is 38.1 Å². The first-order valence-corrected chi connectivity index (χ1v) is 9.26. The molecule has 0 spiro atoms. The van der Waals surface area contributed by atoms with Crippen molar-refractivity contribution in [1.82, 2.24) is 4.98 Å². The van der Waals surface area contributed by atoms with Crippen LogP contribution in [0.3, 0.4) is 0 Å². The van der Waals surface area contributed by atoms with E-state index >= 15 is 0 Å². The molecular weight excluding hydrogens is 360 g/mol. The molecule has 0 aliphatic rings. The summed E-state index contributed by atoms with van der Waals surface area (Å²) in [5.74, 6) is 0.241. The maximum atomic E-state index is 12.4. The number of carbonyl (C=O) groups excluding carboxylic acids is 1. The summed E-state index contributed by atoms with van der Waals surface area (Å²) in [6, 6.07) is 13.9. The van der Waals surface area contributed by atoms with Crippen LogP contribution >= 0.6 is 11.3 Å². The van der Waals surface area contributed by atoms with E-state index in [4.69, 9.17) is 4.42 Å². The van der Waals surface area contributed by atoms with Crippen LogP contribution in [-0.4, -0.2) is 10.9 Å². The van der Waals surface area contributed by atoms with Gasteiger partial charge in [-0.2, -0.15) is 0 Å². The highest BCUT2D eigenvalue weighted by molar-refractivity contribution is 7.13. The summed E-state index contributed by atoms with van der Waals surface area (Å²) in [5, 5.41) is 5.78. The normalized spacial score (nSPS) is 10.9. The maximum absolute atomic E-state index is 12.4. The van der Waals surface area contributed by atoms with Crippen LogP contribution in [-0.2, 0) is 0 Å². The Morgan fingerprint density at radius 3 is 2.56 bits per heavy atom. The van der Waals surface area contributed by atoms with Crippen molar-refractivity contribution in [3.05, 3.63) is 81.0 Å². The van der Waals surface area contributed by atoms with Gasteiger partial charge in [0, 0.05) is 22.6 Å². The van der Waals surface area contributed by atoms with Crippen LogP contribution in [0, 0.1) is 13.8 Å². The topological polar surface area (TPSA) is 72.2 Å². The second kappa shape index (κ2) is 6.81. The lowest BCUT2D eigenvalue weighted by atomic mass is 10.1. The molecule has 134 valence electrons. The third kappa shape index (κ3) is 3.52. The third-order valence-electron chi connectivity index (χ3n) is 4.15. The molecule has 0 saturated heterocycles. The van der Waals surface area contributed by atoms with E-state index in [1.807, 2.05) is 31.4 Å². The Morgan fingerprint density at radius 1 is 1.07 bits per heavy atom. The molecule has 0 fully saturated rings. The van der Waals surface area contributed by atoms with E-state index in [2.05, 4.69) is 10.3 Å². The molecule has 0 bridgehead atoms. The van der Waals surface area contributed by atoms with E-state index in [0.29, 0.717) is 27.4 Å². The molecular formula is C21H16N2O3S. The lowest BCUT2D eigenvalue weighted by molar-refractivity contribution is 0.102. The Labute approximate surface area is 159 Å². The second-order valence-corrected chi connectivity index (χ2v) is 7.16. The number of fused-ring (bicyclic) bond motifs is 1. The zero-order chi connectivity index (χ0) is 19.0. The van der Waals surface area contributed by atoms with Gasteiger partial charge in [-0.3, -0.25) is 14.9 Å². The van der Waals surface area contributed by atoms with Crippen LogP contribution in [0.25, 0.3) is 22.3 Å². The smallest absolute Gasteiger partial charge is 0.257 e. The second-order valence-electron chi connectivity index (χ2n) is 6.30. The Kier molecular flexibility index (Phi) is 4.33. The molecule has 0 atom stereocenters. The largest absolute Gasteiger partial charge is 0.456 e. The van der Waals surface area contributed by atoms with Crippen molar-refractivity contribution in [2.75, 3.05) is 5.32 Å². The Morgan fingerprint density at radius 2 is 1.85 bits per heavy atom. The van der Waals surface area contributed by atoms with Gasteiger partial charge in [0.15, 0.2) is 10.6 Å². The SMILES string of the molecule is Cc1ccc2oc(-c3ccc(C(=O)Nc4nc(C)cs4)cc3)cc(=O)c2c1. The summed E-state index contributed by atoms with van der Waals surface area (Å²) in [6.07, 6.45) is 0. The minimum absolute atomic E-state index is 0.0871. The number of aromatic nitrogens is 1. The first-order chi connectivity index (χ1) is 13.0. The first kappa shape index (κ1) is 17.2. The number of benzene rings is 2. The van der Waals surface area contributed by atoms with Crippen molar-refractivity contribution >= 4 is 33.3 Å². The van der Waals surface area contributed by atoms with E-state index in [1.165, 1.54) is 17.4 Å². The van der Waals surface area contributed by atoms with Crippen LogP contribution in [0.1, 0.15) is 21.6 Å². The monoisotopic (exact) mass is 376 g/mol. The molecule has 4 aromatic rings. The summed E-state index contributed by atoms with van der Waals surface area (Å²) >= 11 is 1.38. The van der Waals surface area contributed by atoms with Crippen LogP contribution in [0.2, 0.25) is 0 Å². The van der Waals surface area contributed by atoms with Crippen molar-refractivity contribution in [3.63, 3.8) is 0 Å². The summed E-state index contributed by atoms with van der Waals surface area (Å²) in [6.45, 7) is 3.81. The molecule has 2 aromatic heterocycles. The highest BCUT2D eigenvalue weighted by atomic mass is 32.1. The molecule has 4 rings (SSSR count). The van der Waals surface area contributed by atoms with Gasteiger partial charge in [-0.25, -0.2) is 4.98 Å². The van der Waals surface area contributed by atoms with Gasteiger partial charge in [-0.15, -0.1) is 11.3 Å². The molecule has 0 aliphatic heterocycles. The van der Waals surface area contributed by atoms with Crippen LogP contribution < -0.4 is 10.7 Å². The first-order valence-electron chi connectivity index (χ1n) is 8.38. The molecule has 27 heavy (non-hydrogen) atoms. The predicted octanol–water partition coefficient (Wildman–Crippen LogP) is 4.79. The van der Waals surface area contributed by atoms with Crippen molar-refractivity contribution in [3.8, 4) is 11.3 Å². The summed E-state index contributed by atoms with van der Waals surface area (Å²) in [5.41, 5.74) is 3.57. The quantitative estimate of drug-likeness (QED) is 0.558. The molecule has 2 heterocycles. The van der Waals surface area contributed by atoms with Crippen molar-refractivity contribution in [1.29, 1.82) is 0 Å². The fraction of sp³-hybridized carbons (Fsp3) is 0.0952. The maximum Gasteiger partial charge on any atom is 0.257 e. The Bertz CT molecular complexity index is 1210. The summed E-state index contributed by atoms with van der Waals surface area (Å²) in [7, 11) is 0. The van der Waals surface area contributed by atoms with Crippen LogP contribution in [0.5, 0.6) is 0 Å². The van der Waals surface area contributed by atoms with Gasteiger partial charge in [0.05, 0.1) is 11.1 Å². The molecule has 5 nitrogen and oxygen atoms in total.